The van der Waals surface area contributed by atoms with Crippen LogP contribution in [-0.2, 0) is 16.1 Å². The second-order valence-corrected chi connectivity index (χ2v) is 3.80. The van der Waals surface area contributed by atoms with Crippen LogP contribution in [0.1, 0.15) is 16.7 Å². The van der Waals surface area contributed by atoms with Gasteiger partial charge in [-0.1, -0.05) is 6.07 Å². The molecule has 0 heterocycles. The zero-order valence-corrected chi connectivity index (χ0v) is 10.2. The molecule has 0 fully saturated rings. The van der Waals surface area contributed by atoms with Crippen molar-refractivity contribution in [1.82, 2.24) is 5.32 Å². The van der Waals surface area contributed by atoms with Crippen LogP contribution in [0.15, 0.2) is 12.1 Å². The van der Waals surface area contributed by atoms with Gasteiger partial charge in [-0.15, -0.1) is 0 Å². The van der Waals surface area contributed by atoms with Crippen molar-refractivity contribution >= 4 is 11.8 Å². The second-order valence-electron chi connectivity index (χ2n) is 3.80. The average molecular weight is 236 g/mol. The molecule has 0 atom stereocenters. The van der Waals surface area contributed by atoms with Crippen LogP contribution in [0.25, 0.3) is 0 Å². The van der Waals surface area contributed by atoms with Gasteiger partial charge in [0.1, 0.15) is 5.75 Å². The highest BCUT2D eigenvalue weighted by atomic mass is 16.5. The number of ether oxygens (including phenoxy) is 1. The number of nitrogens with two attached hydrogens (primary N) is 1. The third-order valence-electron chi connectivity index (χ3n) is 2.56. The number of benzene rings is 1. The number of amides is 2. The van der Waals surface area contributed by atoms with Crippen molar-refractivity contribution in [3.05, 3.63) is 28.8 Å². The van der Waals surface area contributed by atoms with E-state index in [1.165, 1.54) is 0 Å². The molecular weight excluding hydrogens is 220 g/mol. The Labute approximate surface area is 99.9 Å². The van der Waals surface area contributed by atoms with Gasteiger partial charge >= 0.3 is 11.8 Å². The molecule has 0 saturated carbocycles. The Bertz CT molecular complexity index is 455. The van der Waals surface area contributed by atoms with E-state index in [4.69, 9.17) is 10.5 Å². The highest BCUT2D eigenvalue weighted by molar-refractivity contribution is 6.34. The number of aryl methyl sites for hydroxylation is 2. The summed E-state index contributed by atoms with van der Waals surface area (Å²) in [7, 11) is 1.56. The quantitative estimate of drug-likeness (QED) is 0.746. The first-order valence-corrected chi connectivity index (χ1v) is 5.17. The molecule has 0 aliphatic rings. The Morgan fingerprint density at radius 3 is 2.41 bits per heavy atom. The number of carbonyl (C=O) groups is 2. The number of nitrogens with one attached hydrogen (secondary N) is 1. The van der Waals surface area contributed by atoms with Gasteiger partial charge in [0.15, 0.2) is 0 Å². The van der Waals surface area contributed by atoms with Crippen LogP contribution in [0.4, 0.5) is 0 Å². The van der Waals surface area contributed by atoms with E-state index in [-0.39, 0.29) is 6.54 Å². The van der Waals surface area contributed by atoms with Crippen LogP contribution in [0, 0.1) is 13.8 Å². The van der Waals surface area contributed by atoms with Gasteiger partial charge in [0.05, 0.1) is 7.11 Å². The maximum atomic E-state index is 11.0. The Hall–Kier alpha value is -2.04. The van der Waals surface area contributed by atoms with E-state index in [9.17, 15) is 9.59 Å². The molecule has 0 aliphatic carbocycles. The predicted molar refractivity (Wildman–Crippen MR) is 63.5 cm³/mol. The monoisotopic (exact) mass is 236 g/mol. The van der Waals surface area contributed by atoms with Crippen molar-refractivity contribution in [2.24, 2.45) is 5.73 Å². The van der Waals surface area contributed by atoms with Crippen molar-refractivity contribution in [2.45, 2.75) is 20.4 Å². The van der Waals surface area contributed by atoms with Crippen LogP contribution in [-0.4, -0.2) is 18.9 Å². The molecule has 5 nitrogen and oxygen atoms in total. The summed E-state index contributed by atoms with van der Waals surface area (Å²) in [6, 6.07) is 3.80. The van der Waals surface area contributed by atoms with Crippen LogP contribution in [0.3, 0.4) is 0 Å². The molecular formula is C12H16N2O3. The van der Waals surface area contributed by atoms with E-state index >= 15 is 0 Å². The van der Waals surface area contributed by atoms with Gasteiger partial charge in [-0.3, -0.25) is 9.59 Å². The lowest BCUT2D eigenvalue weighted by atomic mass is 10.0. The minimum Gasteiger partial charge on any atom is -0.496 e. The summed E-state index contributed by atoms with van der Waals surface area (Å²) in [4.78, 5) is 21.6. The number of carbonyl (C=O) groups excluding carboxylic acids is 2. The Morgan fingerprint density at radius 1 is 1.29 bits per heavy atom. The van der Waals surface area contributed by atoms with Gasteiger partial charge < -0.3 is 15.8 Å². The largest absolute Gasteiger partial charge is 0.496 e. The Balaban J connectivity index is 2.87. The maximum absolute atomic E-state index is 11.0. The predicted octanol–water partition coefficient (Wildman–Crippen LogP) is 0.414. The smallest absolute Gasteiger partial charge is 0.309 e. The van der Waals surface area contributed by atoms with Gasteiger partial charge in [0.25, 0.3) is 0 Å². The molecule has 1 aromatic rings. The van der Waals surface area contributed by atoms with Crippen LogP contribution < -0.4 is 15.8 Å². The fourth-order valence-electron chi connectivity index (χ4n) is 1.44. The molecule has 0 spiro atoms. The van der Waals surface area contributed by atoms with Gasteiger partial charge in [-0.2, -0.15) is 0 Å². The molecule has 1 aromatic carbocycles. The SMILES string of the molecule is COc1cc(C)c(C)cc1CNC(=O)C(N)=O. The lowest BCUT2D eigenvalue weighted by Crippen LogP contribution is -2.35. The third kappa shape index (κ3) is 3.21. The minimum absolute atomic E-state index is 0.214. The number of primary amides is 1. The summed E-state index contributed by atoms with van der Waals surface area (Å²) in [6.45, 7) is 4.16. The molecule has 5 heteroatoms. The van der Waals surface area contributed by atoms with E-state index < -0.39 is 11.8 Å². The normalized spacial score (nSPS) is 9.82. The molecule has 3 N–H and O–H groups in total. The average Bonchev–Trinajstić information content (AvgIpc) is 2.29. The Morgan fingerprint density at radius 2 is 1.88 bits per heavy atom. The summed E-state index contributed by atoms with van der Waals surface area (Å²) < 4.78 is 5.21. The van der Waals surface area contributed by atoms with E-state index in [0.29, 0.717) is 5.75 Å². The van der Waals surface area contributed by atoms with Gasteiger partial charge in [0.2, 0.25) is 0 Å². The first kappa shape index (κ1) is 13.0. The molecule has 0 aromatic heterocycles. The molecule has 0 radical (unpaired) electrons. The highest BCUT2D eigenvalue weighted by Crippen LogP contribution is 2.22. The zero-order valence-electron chi connectivity index (χ0n) is 10.2. The van der Waals surface area contributed by atoms with E-state index in [2.05, 4.69) is 5.32 Å². The number of hydrogen-bond acceptors (Lipinski definition) is 3. The summed E-state index contributed by atoms with van der Waals surface area (Å²) in [5, 5.41) is 2.43. The zero-order chi connectivity index (χ0) is 13.0. The molecule has 17 heavy (non-hydrogen) atoms. The van der Waals surface area contributed by atoms with Crippen LogP contribution in [0.2, 0.25) is 0 Å². The van der Waals surface area contributed by atoms with Crippen molar-refractivity contribution in [1.29, 1.82) is 0 Å². The Kier molecular flexibility index (Phi) is 4.09. The van der Waals surface area contributed by atoms with Crippen molar-refractivity contribution in [3.63, 3.8) is 0 Å². The molecule has 0 aliphatic heterocycles. The number of methoxy groups -OCH3 is 1. The second kappa shape index (κ2) is 5.34. The fourth-order valence-corrected chi connectivity index (χ4v) is 1.44. The number of hydrogen-bond donors (Lipinski definition) is 2. The molecule has 2 amide bonds. The van der Waals surface area contributed by atoms with Gasteiger partial charge in [-0.05, 0) is 31.0 Å². The van der Waals surface area contributed by atoms with Crippen molar-refractivity contribution in [2.75, 3.05) is 7.11 Å². The van der Waals surface area contributed by atoms with E-state index in [1.54, 1.807) is 7.11 Å². The van der Waals surface area contributed by atoms with Gasteiger partial charge in [-0.25, -0.2) is 0 Å². The molecule has 0 bridgehead atoms. The van der Waals surface area contributed by atoms with Crippen LogP contribution >= 0.6 is 0 Å². The lowest BCUT2D eigenvalue weighted by molar-refractivity contribution is -0.137. The van der Waals surface area contributed by atoms with Crippen LogP contribution in [0.5, 0.6) is 5.75 Å². The molecule has 0 saturated heterocycles. The fraction of sp³-hybridized carbons (Fsp3) is 0.333. The van der Waals surface area contributed by atoms with E-state index in [0.717, 1.165) is 16.7 Å². The van der Waals surface area contributed by atoms with Crippen molar-refractivity contribution < 1.29 is 14.3 Å². The molecule has 1 rings (SSSR count). The standard InChI is InChI=1S/C12H16N2O3/c1-7-4-9(6-14-12(16)11(13)15)10(17-3)5-8(7)2/h4-5H,6H2,1-3H3,(H2,13,15)(H,14,16). The number of rotatable bonds is 3. The minimum atomic E-state index is -0.993. The topological polar surface area (TPSA) is 81.4 Å². The molecule has 92 valence electrons. The maximum Gasteiger partial charge on any atom is 0.309 e. The summed E-state index contributed by atoms with van der Waals surface area (Å²) in [5.41, 5.74) is 7.85. The van der Waals surface area contributed by atoms with Crippen molar-refractivity contribution in [3.8, 4) is 5.75 Å². The summed E-state index contributed by atoms with van der Waals surface area (Å²) >= 11 is 0. The summed E-state index contributed by atoms with van der Waals surface area (Å²) in [6.07, 6.45) is 0. The first-order valence-electron chi connectivity index (χ1n) is 5.17. The molecule has 0 unspecified atom stereocenters. The lowest BCUT2D eigenvalue weighted by Gasteiger charge is -2.12. The summed E-state index contributed by atoms with van der Waals surface area (Å²) in [5.74, 6) is -1.11. The van der Waals surface area contributed by atoms with Gasteiger partial charge in [0, 0.05) is 12.1 Å². The highest BCUT2D eigenvalue weighted by Gasteiger charge is 2.10. The van der Waals surface area contributed by atoms with E-state index in [1.807, 2.05) is 26.0 Å². The first-order chi connectivity index (χ1) is 7.95. The third-order valence-corrected chi connectivity index (χ3v) is 2.56.